The highest BCUT2D eigenvalue weighted by molar-refractivity contribution is 6.06. The van der Waals surface area contributed by atoms with Crippen LogP contribution in [0, 0.1) is 13.8 Å². The number of hydrogen-bond acceptors (Lipinski definition) is 4. The second-order valence-corrected chi connectivity index (χ2v) is 5.68. The number of carbonyl (C=O) groups excluding carboxylic acids is 1. The molecule has 0 radical (unpaired) electrons. The summed E-state index contributed by atoms with van der Waals surface area (Å²) in [6.45, 7) is 4.23. The van der Waals surface area contributed by atoms with Gasteiger partial charge in [0.1, 0.15) is 0 Å². The van der Waals surface area contributed by atoms with E-state index in [0.717, 1.165) is 22.5 Å². The summed E-state index contributed by atoms with van der Waals surface area (Å²) in [5, 5.41) is 17.0. The van der Waals surface area contributed by atoms with E-state index in [1.807, 2.05) is 44.2 Å². The Morgan fingerprint density at radius 2 is 2.00 bits per heavy atom. The lowest BCUT2D eigenvalue weighted by atomic mass is 10.1. The molecule has 0 saturated carbocycles. The molecule has 3 aromatic rings. The highest BCUT2D eigenvalue weighted by atomic mass is 16.3. The number of carbonyl (C=O) groups is 1. The smallest absolute Gasteiger partial charge is 0.252 e. The number of benzene rings is 1. The first-order chi connectivity index (χ1) is 11.6. The second-order valence-electron chi connectivity index (χ2n) is 5.68. The van der Waals surface area contributed by atoms with Crippen molar-refractivity contribution in [3.63, 3.8) is 0 Å². The van der Waals surface area contributed by atoms with Crippen molar-refractivity contribution in [2.75, 3.05) is 13.2 Å². The van der Waals surface area contributed by atoms with Gasteiger partial charge in [0, 0.05) is 18.8 Å². The standard InChI is InChI=1S/C18H20N4O2/c1-12-11-15(18(24)19-9-6-10-23)16-13(2)21-22(17(16)20-12)14-7-4-3-5-8-14/h3-5,7-8,11,23H,6,9-10H2,1-2H3,(H,19,24). The molecule has 124 valence electrons. The zero-order valence-corrected chi connectivity index (χ0v) is 13.8. The fourth-order valence-electron chi connectivity index (χ4n) is 2.72. The third kappa shape index (κ3) is 3.00. The Kier molecular flexibility index (Phi) is 4.57. The molecule has 2 heterocycles. The number of amides is 1. The van der Waals surface area contributed by atoms with Gasteiger partial charge in [-0.1, -0.05) is 18.2 Å². The number of fused-ring (bicyclic) bond motifs is 1. The number of nitrogens with zero attached hydrogens (tertiary/aromatic N) is 3. The van der Waals surface area contributed by atoms with E-state index in [2.05, 4.69) is 15.4 Å². The molecule has 0 aliphatic carbocycles. The van der Waals surface area contributed by atoms with E-state index in [0.29, 0.717) is 24.2 Å². The van der Waals surface area contributed by atoms with E-state index in [1.165, 1.54) is 0 Å². The van der Waals surface area contributed by atoms with Crippen LogP contribution in [-0.2, 0) is 0 Å². The molecule has 0 bridgehead atoms. The molecule has 0 saturated heterocycles. The maximum absolute atomic E-state index is 12.5. The average Bonchev–Trinajstić information content (AvgIpc) is 2.91. The van der Waals surface area contributed by atoms with Gasteiger partial charge in [0.05, 0.1) is 22.3 Å². The average molecular weight is 324 g/mol. The molecule has 24 heavy (non-hydrogen) atoms. The van der Waals surface area contributed by atoms with Crippen molar-refractivity contribution in [1.29, 1.82) is 0 Å². The van der Waals surface area contributed by atoms with Gasteiger partial charge in [-0.05, 0) is 38.5 Å². The molecule has 0 fully saturated rings. The van der Waals surface area contributed by atoms with E-state index in [1.54, 1.807) is 10.7 Å². The number of rotatable bonds is 5. The molecular formula is C18H20N4O2. The zero-order chi connectivity index (χ0) is 17.1. The van der Waals surface area contributed by atoms with Crippen LogP contribution in [0.3, 0.4) is 0 Å². The fraction of sp³-hybridized carbons (Fsp3) is 0.278. The van der Waals surface area contributed by atoms with E-state index in [9.17, 15) is 4.79 Å². The van der Waals surface area contributed by atoms with Gasteiger partial charge in [-0.3, -0.25) is 4.79 Å². The van der Waals surface area contributed by atoms with Crippen molar-refractivity contribution in [3.05, 3.63) is 53.3 Å². The Balaban J connectivity index is 2.12. The van der Waals surface area contributed by atoms with Crippen molar-refractivity contribution >= 4 is 16.9 Å². The van der Waals surface area contributed by atoms with Gasteiger partial charge in [0.25, 0.3) is 5.91 Å². The van der Waals surface area contributed by atoms with Crippen LogP contribution in [0.2, 0.25) is 0 Å². The predicted octanol–water partition coefficient (Wildman–Crippen LogP) is 2.15. The molecule has 3 rings (SSSR count). The fourth-order valence-corrected chi connectivity index (χ4v) is 2.72. The molecule has 6 heteroatoms. The van der Waals surface area contributed by atoms with Crippen LogP contribution in [0.5, 0.6) is 0 Å². The number of aliphatic hydroxyl groups is 1. The zero-order valence-electron chi connectivity index (χ0n) is 13.8. The van der Waals surface area contributed by atoms with E-state index in [-0.39, 0.29) is 12.5 Å². The SMILES string of the molecule is Cc1cc(C(=O)NCCCO)c2c(C)nn(-c3ccccc3)c2n1. The highest BCUT2D eigenvalue weighted by Crippen LogP contribution is 2.24. The van der Waals surface area contributed by atoms with Crippen LogP contribution in [-0.4, -0.2) is 38.9 Å². The van der Waals surface area contributed by atoms with Gasteiger partial charge in [0.2, 0.25) is 0 Å². The molecule has 0 aliphatic rings. The molecule has 0 unspecified atom stereocenters. The summed E-state index contributed by atoms with van der Waals surface area (Å²) in [5.41, 5.74) is 3.65. The first kappa shape index (κ1) is 16.1. The molecule has 1 amide bonds. The summed E-state index contributed by atoms with van der Waals surface area (Å²) in [5.74, 6) is -0.172. The van der Waals surface area contributed by atoms with Crippen LogP contribution in [0.1, 0.15) is 28.2 Å². The van der Waals surface area contributed by atoms with Crippen LogP contribution < -0.4 is 5.32 Å². The Labute approximate surface area is 140 Å². The number of hydrogen-bond donors (Lipinski definition) is 2. The van der Waals surface area contributed by atoms with Crippen molar-refractivity contribution in [2.24, 2.45) is 0 Å². The van der Waals surface area contributed by atoms with Gasteiger partial charge in [-0.15, -0.1) is 0 Å². The first-order valence-electron chi connectivity index (χ1n) is 7.93. The maximum Gasteiger partial charge on any atom is 0.252 e. The second kappa shape index (κ2) is 6.80. The number of nitrogens with one attached hydrogen (secondary N) is 1. The normalized spacial score (nSPS) is 11.0. The molecule has 0 atom stereocenters. The third-order valence-electron chi connectivity index (χ3n) is 3.81. The van der Waals surface area contributed by atoms with E-state index in [4.69, 9.17) is 5.11 Å². The van der Waals surface area contributed by atoms with Crippen molar-refractivity contribution < 1.29 is 9.90 Å². The minimum Gasteiger partial charge on any atom is -0.396 e. The Hall–Kier alpha value is -2.73. The Morgan fingerprint density at radius 1 is 1.25 bits per heavy atom. The first-order valence-corrected chi connectivity index (χ1v) is 7.93. The largest absolute Gasteiger partial charge is 0.396 e. The van der Waals surface area contributed by atoms with E-state index < -0.39 is 0 Å². The minimum atomic E-state index is -0.172. The monoisotopic (exact) mass is 324 g/mol. The molecule has 0 aliphatic heterocycles. The summed E-state index contributed by atoms with van der Waals surface area (Å²) in [7, 11) is 0. The Morgan fingerprint density at radius 3 is 2.71 bits per heavy atom. The molecule has 2 N–H and O–H groups in total. The summed E-state index contributed by atoms with van der Waals surface area (Å²) >= 11 is 0. The van der Waals surface area contributed by atoms with E-state index >= 15 is 0 Å². The number of aryl methyl sites for hydroxylation is 2. The van der Waals surface area contributed by atoms with Gasteiger partial charge in [0.15, 0.2) is 5.65 Å². The lowest BCUT2D eigenvalue weighted by Gasteiger charge is -2.08. The number of aliphatic hydroxyl groups excluding tert-OH is 1. The quantitative estimate of drug-likeness (QED) is 0.705. The van der Waals surface area contributed by atoms with Crippen LogP contribution in [0.4, 0.5) is 0 Å². The number of para-hydroxylation sites is 1. The van der Waals surface area contributed by atoms with Crippen LogP contribution in [0.25, 0.3) is 16.7 Å². The molecule has 2 aromatic heterocycles. The molecule has 1 aromatic carbocycles. The Bertz CT molecular complexity index is 872. The van der Waals surface area contributed by atoms with Crippen molar-refractivity contribution in [3.8, 4) is 5.69 Å². The van der Waals surface area contributed by atoms with Gasteiger partial charge in [-0.2, -0.15) is 5.10 Å². The summed E-state index contributed by atoms with van der Waals surface area (Å²) in [6.07, 6.45) is 0.529. The molecule has 0 spiro atoms. The third-order valence-corrected chi connectivity index (χ3v) is 3.81. The number of aromatic nitrogens is 3. The number of pyridine rings is 1. The predicted molar refractivity (Wildman–Crippen MR) is 92.4 cm³/mol. The highest BCUT2D eigenvalue weighted by Gasteiger charge is 2.19. The summed E-state index contributed by atoms with van der Waals surface area (Å²) < 4.78 is 1.77. The van der Waals surface area contributed by atoms with Crippen molar-refractivity contribution in [2.45, 2.75) is 20.3 Å². The summed E-state index contributed by atoms with van der Waals surface area (Å²) in [4.78, 5) is 17.1. The maximum atomic E-state index is 12.5. The van der Waals surface area contributed by atoms with Crippen LogP contribution in [0.15, 0.2) is 36.4 Å². The topological polar surface area (TPSA) is 80.0 Å². The minimum absolute atomic E-state index is 0.0516. The molecular weight excluding hydrogens is 304 g/mol. The molecule has 6 nitrogen and oxygen atoms in total. The van der Waals surface area contributed by atoms with Crippen molar-refractivity contribution in [1.82, 2.24) is 20.1 Å². The lowest BCUT2D eigenvalue weighted by molar-refractivity contribution is 0.0952. The van der Waals surface area contributed by atoms with Crippen LogP contribution >= 0.6 is 0 Å². The van der Waals surface area contributed by atoms with Gasteiger partial charge in [-0.25, -0.2) is 9.67 Å². The van der Waals surface area contributed by atoms with Gasteiger partial charge >= 0.3 is 0 Å². The summed E-state index contributed by atoms with van der Waals surface area (Å²) in [6, 6.07) is 11.5. The van der Waals surface area contributed by atoms with Gasteiger partial charge < -0.3 is 10.4 Å². The lowest BCUT2D eigenvalue weighted by Crippen LogP contribution is -2.25.